The predicted octanol–water partition coefficient (Wildman–Crippen LogP) is 4.09. The summed E-state index contributed by atoms with van der Waals surface area (Å²) >= 11 is 0. The highest BCUT2D eigenvalue weighted by Gasteiger charge is 2.24. The summed E-state index contributed by atoms with van der Waals surface area (Å²) in [6, 6.07) is 10.3. The molecule has 5 heteroatoms. The maximum absolute atomic E-state index is 13.8. The van der Waals surface area contributed by atoms with Gasteiger partial charge in [-0.3, -0.25) is 0 Å². The van der Waals surface area contributed by atoms with E-state index in [1.807, 2.05) is 0 Å². The summed E-state index contributed by atoms with van der Waals surface area (Å²) in [5.41, 5.74) is -0.690. The Morgan fingerprint density at radius 1 is 0.762 bits per heavy atom. The number of benzene rings is 2. The summed E-state index contributed by atoms with van der Waals surface area (Å²) in [6.07, 6.45) is -0.627. The molecule has 0 aliphatic heterocycles. The number of hydrogen-bond acceptors (Lipinski definition) is 1. The first-order chi connectivity index (χ1) is 10.1. The Labute approximate surface area is 119 Å². The summed E-state index contributed by atoms with van der Waals surface area (Å²) in [7, 11) is 0. The second-order valence-corrected chi connectivity index (χ2v) is 4.53. The van der Waals surface area contributed by atoms with Crippen molar-refractivity contribution in [1.29, 1.82) is 5.26 Å². The Kier molecular flexibility index (Phi) is 4.59. The Morgan fingerprint density at radius 2 is 1.29 bits per heavy atom. The van der Waals surface area contributed by atoms with E-state index in [-0.39, 0.29) is 12.8 Å². The third-order valence-electron chi connectivity index (χ3n) is 3.21. The van der Waals surface area contributed by atoms with Crippen LogP contribution in [0.1, 0.15) is 16.7 Å². The molecule has 0 aliphatic rings. The van der Waals surface area contributed by atoms with Crippen LogP contribution in [0.4, 0.5) is 17.6 Å². The van der Waals surface area contributed by atoms with Gasteiger partial charge in [0, 0.05) is 11.1 Å². The zero-order chi connectivity index (χ0) is 15.4. The lowest BCUT2D eigenvalue weighted by molar-refractivity contribution is 0.428. The van der Waals surface area contributed by atoms with Crippen molar-refractivity contribution in [2.45, 2.75) is 19.3 Å². The summed E-state index contributed by atoms with van der Waals surface area (Å²) in [4.78, 5) is 0. The van der Waals surface area contributed by atoms with E-state index >= 15 is 0 Å². The van der Waals surface area contributed by atoms with Crippen LogP contribution in [-0.4, -0.2) is 0 Å². The maximum atomic E-state index is 13.8. The van der Waals surface area contributed by atoms with Crippen molar-refractivity contribution in [2.75, 3.05) is 0 Å². The molecule has 21 heavy (non-hydrogen) atoms. The molecule has 0 aliphatic carbocycles. The van der Waals surface area contributed by atoms with Gasteiger partial charge >= 0.3 is 0 Å². The fourth-order valence-electron chi connectivity index (χ4n) is 2.09. The molecule has 0 atom stereocenters. The minimum Gasteiger partial charge on any atom is -0.203 e. The van der Waals surface area contributed by atoms with E-state index in [0.29, 0.717) is 0 Å². The minimum atomic E-state index is -1.49. The molecule has 0 aromatic heterocycles. The van der Waals surface area contributed by atoms with Gasteiger partial charge in [0.2, 0.25) is 0 Å². The Hall–Kier alpha value is -2.35. The Bertz CT molecular complexity index is 661. The fourth-order valence-corrected chi connectivity index (χ4v) is 2.09. The van der Waals surface area contributed by atoms with Crippen LogP contribution in [0.2, 0.25) is 0 Å². The van der Waals surface area contributed by atoms with Crippen LogP contribution < -0.4 is 0 Å². The van der Waals surface area contributed by atoms with Gasteiger partial charge in [0.05, 0.1) is 12.5 Å². The van der Waals surface area contributed by atoms with Gasteiger partial charge in [-0.15, -0.1) is 0 Å². The van der Waals surface area contributed by atoms with Crippen LogP contribution in [0, 0.1) is 34.6 Å². The smallest absolute Gasteiger partial charge is 0.166 e. The van der Waals surface area contributed by atoms with Crippen LogP contribution in [0.3, 0.4) is 0 Å². The lowest BCUT2D eigenvalue weighted by Gasteiger charge is -2.10. The second kappa shape index (κ2) is 6.40. The molecule has 0 unspecified atom stereocenters. The topological polar surface area (TPSA) is 23.8 Å². The summed E-state index contributed by atoms with van der Waals surface area (Å²) in [5.74, 6) is -5.82. The number of nitriles is 1. The van der Waals surface area contributed by atoms with Gasteiger partial charge in [-0.05, 0) is 18.4 Å². The predicted molar refractivity (Wildman–Crippen MR) is 69.4 cm³/mol. The molecule has 0 bridgehead atoms. The largest absolute Gasteiger partial charge is 0.203 e. The van der Waals surface area contributed by atoms with Gasteiger partial charge in [-0.25, -0.2) is 17.6 Å². The molecule has 0 fully saturated rings. The molecule has 0 saturated carbocycles. The molecule has 0 amide bonds. The number of nitrogens with zero attached hydrogens (tertiary/aromatic N) is 1. The summed E-state index contributed by atoms with van der Waals surface area (Å²) in [6.45, 7) is 0. The van der Waals surface area contributed by atoms with Gasteiger partial charge < -0.3 is 0 Å². The van der Waals surface area contributed by atoms with E-state index in [9.17, 15) is 17.6 Å². The Morgan fingerprint density at radius 3 is 1.81 bits per heavy atom. The molecule has 0 radical (unpaired) electrons. The normalized spacial score (nSPS) is 10.4. The van der Waals surface area contributed by atoms with Crippen molar-refractivity contribution in [3.63, 3.8) is 0 Å². The highest BCUT2D eigenvalue weighted by Crippen LogP contribution is 2.25. The van der Waals surface area contributed by atoms with Gasteiger partial charge in [0.1, 0.15) is 0 Å². The number of halogens is 4. The fraction of sp³-hybridized carbons (Fsp3) is 0.188. The highest BCUT2D eigenvalue weighted by atomic mass is 19.2. The van der Waals surface area contributed by atoms with Gasteiger partial charge in [0.25, 0.3) is 0 Å². The molecule has 0 spiro atoms. The number of hydrogen-bond donors (Lipinski definition) is 0. The average Bonchev–Trinajstić information content (AvgIpc) is 2.51. The molecule has 108 valence electrons. The zero-order valence-electron chi connectivity index (χ0n) is 11.0. The first-order valence-corrected chi connectivity index (χ1v) is 6.30. The molecule has 1 nitrogen and oxygen atoms in total. The van der Waals surface area contributed by atoms with E-state index in [1.165, 1.54) is 6.07 Å². The van der Waals surface area contributed by atoms with Crippen molar-refractivity contribution in [2.24, 2.45) is 0 Å². The van der Waals surface area contributed by atoms with Crippen molar-refractivity contribution in [3.05, 3.63) is 70.3 Å². The van der Waals surface area contributed by atoms with Crippen LogP contribution in [0.15, 0.2) is 30.3 Å². The third kappa shape index (κ3) is 3.05. The Balaban J connectivity index is 2.34. The highest BCUT2D eigenvalue weighted by molar-refractivity contribution is 5.32. The molecule has 2 rings (SSSR count). The zero-order valence-corrected chi connectivity index (χ0v) is 11.0. The maximum Gasteiger partial charge on any atom is 0.166 e. The van der Waals surface area contributed by atoms with Crippen LogP contribution in [0.5, 0.6) is 0 Å². The lowest BCUT2D eigenvalue weighted by Crippen LogP contribution is -2.09. The van der Waals surface area contributed by atoms with Crippen LogP contribution in [-0.2, 0) is 19.3 Å². The lowest BCUT2D eigenvalue weighted by atomic mass is 10.00. The van der Waals surface area contributed by atoms with Crippen LogP contribution in [0.25, 0.3) is 0 Å². The number of aryl methyl sites for hydroxylation is 1. The van der Waals surface area contributed by atoms with E-state index in [1.54, 1.807) is 30.3 Å². The monoisotopic (exact) mass is 293 g/mol. The average molecular weight is 293 g/mol. The van der Waals surface area contributed by atoms with E-state index < -0.39 is 40.8 Å². The van der Waals surface area contributed by atoms with Gasteiger partial charge in [-0.2, -0.15) is 5.26 Å². The molecule has 2 aromatic carbocycles. The SMILES string of the molecule is N#CCc1c(F)c(F)c(CCc2ccccc2)c(F)c1F. The van der Waals surface area contributed by atoms with Crippen molar-refractivity contribution >= 4 is 0 Å². The standard InChI is InChI=1S/C16H11F4N/c17-13-11(7-6-10-4-2-1-3-5-10)14(18)16(20)12(8-9-21)15(13)19/h1-5H,6-8H2. The number of rotatable bonds is 4. The van der Waals surface area contributed by atoms with E-state index in [4.69, 9.17) is 5.26 Å². The van der Waals surface area contributed by atoms with E-state index in [2.05, 4.69) is 0 Å². The van der Waals surface area contributed by atoms with E-state index in [0.717, 1.165) is 5.56 Å². The summed E-state index contributed by atoms with van der Waals surface area (Å²) < 4.78 is 55.0. The molecule has 0 saturated heterocycles. The second-order valence-electron chi connectivity index (χ2n) is 4.53. The van der Waals surface area contributed by atoms with Crippen LogP contribution >= 0.6 is 0 Å². The quantitative estimate of drug-likeness (QED) is 0.615. The summed E-state index contributed by atoms with van der Waals surface area (Å²) in [5, 5.41) is 8.44. The minimum absolute atomic E-state index is 0.164. The molecular formula is C16H11F4N. The molecule has 0 N–H and O–H groups in total. The van der Waals surface area contributed by atoms with Gasteiger partial charge in [-0.1, -0.05) is 30.3 Å². The first kappa shape index (κ1) is 15.0. The molecule has 0 heterocycles. The molecule has 2 aromatic rings. The first-order valence-electron chi connectivity index (χ1n) is 6.30. The van der Waals surface area contributed by atoms with Crippen molar-refractivity contribution in [1.82, 2.24) is 0 Å². The van der Waals surface area contributed by atoms with Crippen molar-refractivity contribution in [3.8, 4) is 6.07 Å². The van der Waals surface area contributed by atoms with Gasteiger partial charge in [0.15, 0.2) is 23.3 Å². The van der Waals surface area contributed by atoms with Crippen molar-refractivity contribution < 1.29 is 17.6 Å². The third-order valence-corrected chi connectivity index (χ3v) is 3.21. The molecular weight excluding hydrogens is 282 g/mol.